The fraction of sp³-hybridized carbons (Fsp3) is 0.111. The summed E-state index contributed by atoms with van der Waals surface area (Å²) >= 11 is 0. The first kappa shape index (κ1) is 19.4. The molecule has 0 unspecified atom stereocenters. The zero-order valence-electron chi connectivity index (χ0n) is 14.0. The molecule has 0 saturated carbocycles. The fourth-order valence-electron chi connectivity index (χ4n) is 2.15. The lowest BCUT2D eigenvalue weighted by molar-refractivity contribution is -0.131. The molecule has 26 heavy (non-hydrogen) atoms. The number of anilines is 1. The quantitative estimate of drug-likeness (QED) is 0.722. The minimum atomic E-state index is -3.67. The van der Waals surface area contributed by atoms with Crippen molar-refractivity contribution in [3.05, 3.63) is 72.3 Å². The van der Waals surface area contributed by atoms with Gasteiger partial charge in [-0.15, -0.1) is 0 Å². The van der Waals surface area contributed by atoms with Crippen molar-refractivity contribution in [2.45, 2.75) is 11.4 Å². The minimum Gasteiger partial charge on any atom is -0.478 e. The molecule has 7 nitrogen and oxygen atoms in total. The second kappa shape index (κ2) is 8.41. The summed E-state index contributed by atoms with van der Waals surface area (Å²) < 4.78 is 26.5. The minimum absolute atomic E-state index is 0.0926. The number of hydrogen-bond acceptors (Lipinski definition) is 4. The van der Waals surface area contributed by atoms with Crippen LogP contribution in [0, 0.1) is 0 Å². The van der Waals surface area contributed by atoms with E-state index < -0.39 is 21.9 Å². The van der Waals surface area contributed by atoms with Gasteiger partial charge in [-0.05, 0) is 29.8 Å². The maximum Gasteiger partial charge on any atom is 0.328 e. The van der Waals surface area contributed by atoms with Crippen LogP contribution in [-0.2, 0) is 26.2 Å². The smallest absolute Gasteiger partial charge is 0.328 e. The highest BCUT2D eigenvalue weighted by Crippen LogP contribution is 2.19. The Bertz CT molecular complexity index is 906. The van der Waals surface area contributed by atoms with Gasteiger partial charge in [0.15, 0.2) is 0 Å². The van der Waals surface area contributed by atoms with E-state index in [2.05, 4.69) is 5.32 Å². The summed E-state index contributed by atoms with van der Waals surface area (Å²) in [6.45, 7) is 0.238. The van der Waals surface area contributed by atoms with E-state index >= 15 is 0 Å². The molecule has 0 spiro atoms. The van der Waals surface area contributed by atoms with Crippen molar-refractivity contribution < 1.29 is 23.1 Å². The lowest BCUT2D eigenvalue weighted by Crippen LogP contribution is -2.26. The highest BCUT2D eigenvalue weighted by Gasteiger charge is 2.20. The lowest BCUT2D eigenvalue weighted by atomic mass is 10.2. The average molecular weight is 374 g/mol. The number of carbonyl (C=O) groups is 2. The second-order valence-corrected chi connectivity index (χ2v) is 7.48. The number of aliphatic carboxylic acids is 1. The zero-order chi connectivity index (χ0) is 19.2. The summed E-state index contributed by atoms with van der Waals surface area (Å²) in [4.78, 5) is 22.0. The normalized spacial score (nSPS) is 11.6. The molecule has 0 aliphatic carbocycles. The van der Waals surface area contributed by atoms with Crippen molar-refractivity contribution in [3.8, 4) is 0 Å². The number of nitrogens with one attached hydrogen (secondary N) is 1. The molecule has 2 rings (SSSR count). The van der Waals surface area contributed by atoms with Gasteiger partial charge in [-0.3, -0.25) is 4.79 Å². The van der Waals surface area contributed by atoms with E-state index in [0.717, 1.165) is 11.6 Å². The molecule has 0 aliphatic rings. The monoisotopic (exact) mass is 374 g/mol. The van der Waals surface area contributed by atoms with Crippen LogP contribution in [0.4, 0.5) is 5.69 Å². The molecule has 0 aliphatic heterocycles. The first-order valence-electron chi connectivity index (χ1n) is 7.61. The predicted octanol–water partition coefficient (Wildman–Crippen LogP) is 2.09. The zero-order valence-corrected chi connectivity index (χ0v) is 14.8. The van der Waals surface area contributed by atoms with Gasteiger partial charge in [0.2, 0.25) is 15.9 Å². The molecule has 8 heteroatoms. The van der Waals surface area contributed by atoms with Gasteiger partial charge >= 0.3 is 5.97 Å². The van der Waals surface area contributed by atoms with Gasteiger partial charge in [0.25, 0.3) is 0 Å². The van der Waals surface area contributed by atoms with E-state index in [-0.39, 0.29) is 11.4 Å². The van der Waals surface area contributed by atoms with E-state index in [1.807, 2.05) is 30.3 Å². The Morgan fingerprint density at radius 2 is 1.65 bits per heavy atom. The van der Waals surface area contributed by atoms with Crippen molar-refractivity contribution in [1.82, 2.24) is 4.31 Å². The SMILES string of the molecule is CN(Cc1ccccc1)S(=O)(=O)c1ccc(NC(=O)/C=C/C(=O)O)cc1. The van der Waals surface area contributed by atoms with Crippen molar-refractivity contribution >= 4 is 27.6 Å². The number of carbonyl (C=O) groups excluding carboxylic acids is 1. The molecule has 1 amide bonds. The average Bonchev–Trinajstić information content (AvgIpc) is 2.61. The molecule has 2 N–H and O–H groups in total. The van der Waals surface area contributed by atoms with Gasteiger partial charge in [-0.1, -0.05) is 30.3 Å². The van der Waals surface area contributed by atoms with Crippen LogP contribution in [0.5, 0.6) is 0 Å². The molecule has 0 bridgehead atoms. The first-order chi connectivity index (χ1) is 12.3. The molecule has 2 aromatic rings. The van der Waals surface area contributed by atoms with Crippen molar-refractivity contribution in [2.24, 2.45) is 0 Å². The van der Waals surface area contributed by atoms with Gasteiger partial charge in [-0.2, -0.15) is 4.31 Å². The highest BCUT2D eigenvalue weighted by molar-refractivity contribution is 7.89. The van der Waals surface area contributed by atoms with Gasteiger partial charge in [-0.25, -0.2) is 13.2 Å². The van der Waals surface area contributed by atoms with Gasteiger partial charge in [0.1, 0.15) is 0 Å². The summed E-state index contributed by atoms with van der Waals surface area (Å²) in [6.07, 6.45) is 1.59. The number of benzene rings is 2. The van der Waals surface area contributed by atoms with E-state index in [0.29, 0.717) is 11.8 Å². The van der Waals surface area contributed by atoms with Crippen molar-refractivity contribution in [1.29, 1.82) is 0 Å². The number of hydrogen-bond donors (Lipinski definition) is 2. The highest BCUT2D eigenvalue weighted by atomic mass is 32.2. The molecular weight excluding hydrogens is 356 g/mol. The molecule has 2 aromatic carbocycles. The Morgan fingerprint density at radius 1 is 1.04 bits per heavy atom. The molecule has 0 aromatic heterocycles. The number of sulfonamides is 1. The third-order valence-corrected chi connectivity index (χ3v) is 5.27. The van der Waals surface area contributed by atoms with Gasteiger partial charge in [0, 0.05) is 31.4 Å². The van der Waals surface area contributed by atoms with Crippen LogP contribution in [0.15, 0.2) is 71.6 Å². The second-order valence-electron chi connectivity index (χ2n) is 5.43. The molecule has 0 saturated heterocycles. The maximum absolute atomic E-state index is 12.6. The summed E-state index contributed by atoms with van der Waals surface area (Å²) in [6, 6.07) is 14.9. The Labute approximate surface area is 151 Å². The molecule has 0 atom stereocenters. The topological polar surface area (TPSA) is 104 Å². The van der Waals surface area contributed by atoms with E-state index in [1.54, 1.807) is 0 Å². The van der Waals surface area contributed by atoms with E-state index in [1.165, 1.54) is 35.6 Å². The fourth-order valence-corrected chi connectivity index (χ4v) is 3.31. The molecule has 0 radical (unpaired) electrons. The Kier molecular flexibility index (Phi) is 6.26. The van der Waals surface area contributed by atoms with Crippen LogP contribution in [0.2, 0.25) is 0 Å². The summed E-state index contributed by atoms with van der Waals surface area (Å²) in [5.41, 5.74) is 1.22. The molecule has 0 heterocycles. The lowest BCUT2D eigenvalue weighted by Gasteiger charge is -2.17. The Hall–Kier alpha value is -2.97. The predicted molar refractivity (Wildman–Crippen MR) is 96.9 cm³/mol. The number of nitrogens with zero attached hydrogens (tertiary/aromatic N) is 1. The van der Waals surface area contributed by atoms with Crippen molar-refractivity contribution in [3.63, 3.8) is 0 Å². The first-order valence-corrected chi connectivity index (χ1v) is 9.05. The Morgan fingerprint density at radius 3 is 2.23 bits per heavy atom. The molecular formula is C18H18N2O5S. The van der Waals surface area contributed by atoms with Crippen LogP contribution in [0.25, 0.3) is 0 Å². The van der Waals surface area contributed by atoms with Crippen LogP contribution in [0.1, 0.15) is 5.56 Å². The third kappa shape index (κ3) is 5.27. The third-order valence-electron chi connectivity index (χ3n) is 3.46. The summed E-state index contributed by atoms with van der Waals surface area (Å²) in [5.74, 6) is -1.85. The van der Waals surface area contributed by atoms with Crippen LogP contribution in [-0.4, -0.2) is 36.8 Å². The number of rotatable bonds is 7. The standard InChI is InChI=1S/C18H18N2O5S/c1-20(13-14-5-3-2-4-6-14)26(24,25)16-9-7-15(8-10-16)19-17(21)11-12-18(22)23/h2-12H,13H2,1H3,(H,19,21)(H,22,23)/b12-11+. The summed E-state index contributed by atoms with van der Waals surface area (Å²) in [5, 5.41) is 10.9. The van der Waals surface area contributed by atoms with Crippen molar-refractivity contribution in [2.75, 3.05) is 12.4 Å². The maximum atomic E-state index is 12.6. The number of amides is 1. The molecule has 0 fully saturated rings. The van der Waals surface area contributed by atoms with Gasteiger partial charge < -0.3 is 10.4 Å². The van der Waals surface area contributed by atoms with Crippen LogP contribution in [0.3, 0.4) is 0 Å². The number of carboxylic acid groups (broad SMARTS) is 1. The Balaban J connectivity index is 2.08. The molecule has 136 valence electrons. The largest absolute Gasteiger partial charge is 0.478 e. The van der Waals surface area contributed by atoms with Gasteiger partial charge in [0.05, 0.1) is 4.90 Å². The van der Waals surface area contributed by atoms with Crippen LogP contribution < -0.4 is 5.32 Å². The van der Waals surface area contributed by atoms with E-state index in [9.17, 15) is 18.0 Å². The number of carboxylic acids is 1. The summed E-state index contributed by atoms with van der Waals surface area (Å²) in [7, 11) is -2.18. The van der Waals surface area contributed by atoms with E-state index in [4.69, 9.17) is 5.11 Å². The van der Waals surface area contributed by atoms with Crippen LogP contribution >= 0.6 is 0 Å².